The Morgan fingerprint density at radius 1 is 1.11 bits per heavy atom. The average Bonchev–Trinajstić information content (AvgIpc) is 3.37. The monoisotopic (exact) mass is 381 g/mol. The lowest BCUT2D eigenvalue weighted by Crippen LogP contribution is -2.51. The highest BCUT2D eigenvalue weighted by atomic mass is 19.1. The van der Waals surface area contributed by atoms with Crippen LogP contribution in [0.1, 0.15) is 19.3 Å². The fourth-order valence-electron chi connectivity index (χ4n) is 4.09. The molecule has 2 fully saturated rings. The summed E-state index contributed by atoms with van der Waals surface area (Å²) in [4.78, 5) is 0. The Kier molecular flexibility index (Phi) is 4.20. The van der Waals surface area contributed by atoms with Crippen LogP contribution in [0.3, 0.4) is 0 Å². The molecule has 7 nitrogen and oxygen atoms in total. The van der Waals surface area contributed by atoms with E-state index in [1.54, 1.807) is 36.7 Å². The number of phenols is 1. The predicted octanol–water partition coefficient (Wildman–Crippen LogP) is 2.85. The molecule has 28 heavy (non-hydrogen) atoms. The molecule has 1 aromatic carbocycles. The van der Waals surface area contributed by atoms with Crippen molar-refractivity contribution in [2.75, 3.05) is 0 Å². The summed E-state index contributed by atoms with van der Waals surface area (Å²) in [5.74, 6) is 0.396. The van der Waals surface area contributed by atoms with Gasteiger partial charge in [-0.05, 0) is 36.6 Å². The highest BCUT2D eigenvalue weighted by Gasteiger charge is 2.43. The number of hydrogen-bond donors (Lipinski definition) is 3. The Morgan fingerprint density at radius 2 is 2.04 bits per heavy atom. The SMILES string of the molecule is Oc1cc(-c2cn[nH]c2)ccc1-c1ccc(O[C@H]2C[C@@H]3CC[C@@H](N3)[C@@H]2F)nn1. The lowest BCUT2D eigenvalue weighted by Gasteiger charge is -2.32. The third-order valence-corrected chi connectivity index (χ3v) is 5.55. The fourth-order valence-corrected chi connectivity index (χ4v) is 4.09. The number of hydrogen-bond acceptors (Lipinski definition) is 6. The molecule has 2 bridgehead atoms. The summed E-state index contributed by atoms with van der Waals surface area (Å²) in [5, 5.41) is 28.6. The molecule has 4 heterocycles. The molecule has 2 aliphatic rings. The van der Waals surface area contributed by atoms with Crippen LogP contribution in [-0.4, -0.2) is 49.9 Å². The van der Waals surface area contributed by atoms with Gasteiger partial charge in [-0.2, -0.15) is 5.10 Å². The number of halogens is 1. The highest BCUT2D eigenvalue weighted by Crippen LogP contribution is 2.34. The van der Waals surface area contributed by atoms with Gasteiger partial charge in [0.2, 0.25) is 5.88 Å². The van der Waals surface area contributed by atoms with Gasteiger partial charge in [-0.1, -0.05) is 6.07 Å². The molecule has 8 heteroatoms. The first-order valence-corrected chi connectivity index (χ1v) is 9.40. The molecule has 0 spiro atoms. The van der Waals surface area contributed by atoms with Gasteiger partial charge in [-0.3, -0.25) is 5.10 Å². The van der Waals surface area contributed by atoms with E-state index in [1.165, 1.54) is 0 Å². The number of ether oxygens (including phenoxy) is 1. The van der Waals surface area contributed by atoms with E-state index in [2.05, 4.69) is 25.7 Å². The van der Waals surface area contributed by atoms with Gasteiger partial charge < -0.3 is 15.2 Å². The summed E-state index contributed by atoms with van der Waals surface area (Å²) in [7, 11) is 0. The van der Waals surface area contributed by atoms with Gasteiger partial charge in [0.15, 0.2) is 6.17 Å². The van der Waals surface area contributed by atoms with Gasteiger partial charge in [0.25, 0.3) is 0 Å². The molecule has 2 aromatic heterocycles. The van der Waals surface area contributed by atoms with Gasteiger partial charge in [0.05, 0.1) is 11.9 Å². The Morgan fingerprint density at radius 3 is 2.79 bits per heavy atom. The summed E-state index contributed by atoms with van der Waals surface area (Å²) in [6.07, 6.45) is 4.38. The predicted molar refractivity (Wildman–Crippen MR) is 101 cm³/mol. The normalized spacial score (nSPS) is 26.3. The molecule has 144 valence electrons. The minimum Gasteiger partial charge on any atom is -0.507 e. The number of aromatic nitrogens is 4. The van der Waals surface area contributed by atoms with Crippen molar-refractivity contribution in [1.29, 1.82) is 0 Å². The van der Waals surface area contributed by atoms with Crippen LogP contribution in [0.5, 0.6) is 11.6 Å². The molecular formula is C20H20FN5O2. The number of nitrogens with one attached hydrogen (secondary N) is 2. The lowest BCUT2D eigenvalue weighted by molar-refractivity contribution is 0.0422. The number of benzene rings is 1. The van der Waals surface area contributed by atoms with Gasteiger partial charge in [-0.15, -0.1) is 10.2 Å². The second kappa shape index (κ2) is 6.87. The van der Waals surface area contributed by atoms with Crippen LogP contribution in [0.25, 0.3) is 22.4 Å². The van der Waals surface area contributed by atoms with Crippen LogP contribution in [-0.2, 0) is 0 Å². The van der Waals surface area contributed by atoms with Crippen LogP contribution in [0.4, 0.5) is 4.39 Å². The van der Waals surface area contributed by atoms with E-state index in [-0.39, 0.29) is 11.8 Å². The second-order valence-corrected chi connectivity index (χ2v) is 7.36. The van der Waals surface area contributed by atoms with E-state index in [1.807, 2.05) is 6.07 Å². The summed E-state index contributed by atoms with van der Waals surface area (Å²) in [5.41, 5.74) is 2.81. The lowest BCUT2D eigenvalue weighted by atomic mass is 10.0. The van der Waals surface area contributed by atoms with Crippen molar-refractivity contribution in [2.45, 2.75) is 43.6 Å². The number of fused-ring (bicyclic) bond motifs is 2. The van der Waals surface area contributed by atoms with Gasteiger partial charge in [-0.25, -0.2) is 4.39 Å². The van der Waals surface area contributed by atoms with Crippen LogP contribution < -0.4 is 10.1 Å². The van der Waals surface area contributed by atoms with Crippen molar-refractivity contribution in [3.8, 4) is 34.0 Å². The minimum absolute atomic E-state index is 0.0976. The van der Waals surface area contributed by atoms with Crippen LogP contribution >= 0.6 is 0 Å². The number of piperidine rings is 1. The molecule has 4 atom stereocenters. The molecule has 2 aliphatic heterocycles. The summed E-state index contributed by atoms with van der Waals surface area (Å²) in [6.45, 7) is 0. The minimum atomic E-state index is -1.04. The summed E-state index contributed by atoms with van der Waals surface area (Å²) in [6, 6.07) is 8.90. The maximum atomic E-state index is 14.5. The maximum Gasteiger partial charge on any atom is 0.233 e. The molecular weight excluding hydrogens is 361 g/mol. The maximum absolute atomic E-state index is 14.5. The number of aromatic hydroxyl groups is 1. The Balaban J connectivity index is 1.32. The first-order valence-electron chi connectivity index (χ1n) is 9.40. The molecule has 3 aromatic rings. The third-order valence-electron chi connectivity index (χ3n) is 5.55. The van der Waals surface area contributed by atoms with Crippen molar-refractivity contribution in [3.05, 3.63) is 42.7 Å². The van der Waals surface area contributed by atoms with E-state index in [4.69, 9.17) is 4.74 Å². The number of nitrogens with zero attached hydrogens (tertiary/aromatic N) is 3. The Hall–Kier alpha value is -3.00. The molecule has 0 aliphatic carbocycles. The Labute approximate surface area is 161 Å². The number of H-pyrrole nitrogens is 1. The van der Waals surface area contributed by atoms with Crippen molar-refractivity contribution in [1.82, 2.24) is 25.7 Å². The van der Waals surface area contributed by atoms with E-state index in [0.29, 0.717) is 29.6 Å². The molecule has 0 radical (unpaired) electrons. The first kappa shape index (κ1) is 17.1. The van der Waals surface area contributed by atoms with Gasteiger partial charge in [0, 0.05) is 41.9 Å². The summed E-state index contributed by atoms with van der Waals surface area (Å²) < 4.78 is 20.3. The first-order chi connectivity index (χ1) is 13.7. The molecule has 0 amide bonds. The van der Waals surface area contributed by atoms with E-state index in [9.17, 15) is 9.50 Å². The summed E-state index contributed by atoms with van der Waals surface area (Å²) >= 11 is 0. The van der Waals surface area contributed by atoms with Crippen LogP contribution in [0.15, 0.2) is 42.7 Å². The van der Waals surface area contributed by atoms with Crippen LogP contribution in [0.2, 0.25) is 0 Å². The topological polar surface area (TPSA) is 96.0 Å². The van der Waals surface area contributed by atoms with E-state index in [0.717, 1.165) is 24.0 Å². The quantitative estimate of drug-likeness (QED) is 0.643. The number of alkyl halides is 1. The average molecular weight is 381 g/mol. The van der Waals surface area contributed by atoms with E-state index >= 15 is 0 Å². The van der Waals surface area contributed by atoms with E-state index < -0.39 is 12.3 Å². The second-order valence-electron chi connectivity index (χ2n) is 7.36. The number of rotatable bonds is 4. The van der Waals surface area contributed by atoms with Gasteiger partial charge in [0.1, 0.15) is 11.9 Å². The highest BCUT2D eigenvalue weighted by molar-refractivity contribution is 5.73. The van der Waals surface area contributed by atoms with Crippen molar-refractivity contribution < 1.29 is 14.2 Å². The standard InChI is InChI=1S/C20H20FN5O2/c21-20-16-4-2-13(24-16)8-18(20)28-19-6-5-15(25-26-19)14-3-1-11(7-17(14)27)12-9-22-23-10-12/h1,3,5-7,9-10,13,16,18,20,24,27H,2,4,8H2,(H,22,23)/t13-,16+,18-,20-/m0/s1. The van der Waals surface area contributed by atoms with Gasteiger partial charge >= 0.3 is 0 Å². The molecule has 0 saturated carbocycles. The molecule has 2 saturated heterocycles. The number of aromatic amines is 1. The third kappa shape index (κ3) is 3.09. The van der Waals surface area contributed by atoms with Crippen LogP contribution in [0, 0.1) is 0 Å². The Bertz CT molecular complexity index is 963. The van der Waals surface area contributed by atoms with Crippen molar-refractivity contribution in [3.63, 3.8) is 0 Å². The van der Waals surface area contributed by atoms with Crippen molar-refractivity contribution in [2.24, 2.45) is 0 Å². The molecule has 3 N–H and O–H groups in total. The number of phenolic OH excluding ortho intramolecular Hbond substituents is 1. The zero-order valence-corrected chi connectivity index (χ0v) is 15.0. The largest absolute Gasteiger partial charge is 0.507 e. The zero-order valence-electron chi connectivity index (χ0n) is 15.0. The fraction of sp³-hybridized carbons (Fsp3) is 0.350. The molecule has 0 unspecified atom stereocenters. The molecule has 5 rings (SSSR count). The van der Waals surface area contributed by atoms with Crippen molar-refractivity contribution >= 4 is 0 Å². The smallest absolute Gasteiger partial charge is 0.233 e. The zero-order chi connectivity index (χ0) is 19.1.